The van der Waals surface area contributed by atoms with Gasteiger partial charge in [-0.2, -0.15) is 0 Å². The number of aryl methyl sites for hydroxylation is 2. The first-order valence-electron chi connectivity index (χ1n) is 10.7. The molecule has 5 rings (SSSR count). The van der Waals surface area contributed by atoms with Gasteiger partial charge in [-0.25, -0.2) is 8.42 Å². The van der Waals surface area contributed by atoms with E-state index in [9.17, 15) is 13.2 Å². The Balaban J connectivity index is 1.83. The molecule has 0 unspecified atom stereocenters. The van der Waals surface area contributed by atoms with Gasteiger partial charge in [-0.15, -0.1) is 11.3 Å². The summed E-state index contributed by atoms with van der Waals surface area (Å²) < 4.78 is 30.0. The van der Waals surface area contributed by atoms with Gasteiger partial charge in [0.05, 0.1) is 16.3 Å². The molecule has 2 heterocycles. The average molecular weight is 465 g/mol. The Morgan fingerprint density at radius 1 is 1.03 bits per heavy atom. The van der Waals surface area contributed by atoms with Crippen molar-refractivity contribution in [3.8, 4) is 0 Å². The molecule has 32 heavy (non-hydrogen) atoms. The van der Waals surface area contributed by atoms with Crippen LogP contribution < -0.4 is 9.62 Å². The molecule has 1 N–H and O–H groups in total. The SMILES string of the molecule is Cc1ccc(S(=O)(=O)N2c3ccccc3NC3=C(C(=O)CCC3)[C@H]2c2cccs2)c(C)c1. The van der Waals surface area contributed by atoms with E-state index < -0.39 is 16.1 Å². The highest BCUT2D eigenvalue weighted by Gasteiger charge is 2.43. The van der Waals surface area contributed by atoms with Crippen LogP contribution in [0.2, 0.25) is 0 Å². The number of thiophene rings is 1. The molecule has 2 aliphatic rings. The lowest BCUT2D eigenvalue weighted by Crippen LogP contribution is -2.38. The number of nitrogens with zero attached hydrogens (tertiary/aromatic N) is 1. The number of ketones is 1. The number of Topliss-reactive ketones (excluding diaryl/α,β-unsaturated/α-hetero) is 1. The molecule has 1 aliphatic heterocycles. The second-order valence-electron chi connectivity index (χ2n) is 8.30. The number of anilines is 2. The van der Waals surface area contributed by atoms with Crippen molar-refractivity contribution in [2.75, 3.05) is 9.62 Å². The predicted molar refractivity (Wildman–Crippen MR) is 129 cm³/mol. The number of hydrogen-bond donors (Lipinski definition) is 1. The molecule has 2 aromatic carbocycles. The van der Waals surface area contributed by atoms with Crippen molar-refractivity contribution in [2.45, 2.75) is 44.0 Å². The first kappa shape index (κ1) is 21.0. The number of benzene rings is 2. The Morgan fingerprint density at radius 2 is 1.84 bits per heavy atom. The monoisotopic (exact) mass is 464 g/mol. The van der Waals surface area contributed by atoms with E-state index in [1.165, 1.54) is 15.6 Å². The molecule has 0 radical (unpaired) electrons. The quantitative estimate of drug-likeness (QED) is 0.537. The van der Waals surface area contributed by atoms with Crippen LogP contribution >= 0.6 is 11.3 Å². The van der Waals surface area contributed by atoms with E-state index >= 15 is 0 Å². The molecule has 3 aromatic rings. The van der Waals surface area contributed by atoms with Crippen molar-refractivity contribution in [3.63, 3.8) is 0 Å². The molecule has 164 valence electrons. The van der Waals surface area contributed by atoms with Crippen molar-refractivity contribution >= 4 is 38.5 Å². The summed E-state index contributed by atoms with van der Waals surface area (Å²) >= 11 is 1.47. The second kappa shape index (κ2) is 7.90. The molecule has 0 saturated carbocycles. The third-order valence-electron chi connectivity index (χ3n) is 6.07. The maximum atomic E-state index is 14.3. The lowest BCUT2D eigenvalue weighted by atomic mass is 9.89. The number of carbonyl (C=O) groups excluding carboxylic acids is 1. The van der Waals surface area contributed by atoms with E-state index in [-0.39, 0.29) is 10.7 Å². The van der Waals surface area contributed by atoms with Crippen molar-refractivity contribution in [3.05, 3.63) is 87.3 Å². The number of para-hydroxylation sites is 2. The van der Waals surface area contributed by atoms with Crippen LogP contribution in [0.3, 0.4) is 0 Å². The van der Waals surface area contributed by atoms with E-state index in [4.69, 9.17) is 0 Å². The highest BCUT2D eigenvalue weighted by Crippen LogP contribution is 2.48. The molecule has 7 heteroatoms. The Kier molecular flexibility index (Phi) is 5.18. The summed E-state index contributed by atoms with van der Waals surface area (Å²) in [6.45, 7) is 3.76. The van der Waals surface area contributed by atoms with Gasteiger partial charge in [0, 0.05) is 22.6 Å². The Hall–Kier alpha value is -2.90. The van der Waals surface area contributed by atoms with Gasteiger partial charge in [-0.05, 0) is 61.9 Å². The number of rotatable bonds is 3. The van der Waals surface area contributed by atoms with Crippen LogP contribution in [-0.2, 0) is 14.8 Å². The maximum Gasteiger partial charge on any atom is 0.265 e. The van der Waals surface area contributed by atoms with E-state index in [1.807, 2.05) is 67.8 Å². The molecule has 5 nitrogen and oxygen atoms in total. The number of carbonyl (C=O) groups is 1. The molecular weight excluding hydrogens is 440 g/mol. The largest absolute Gasteiger partial charge is 0.357 e. The van der Waals surface area contributed by atoms with Gasteiger partial charge in [0.15, 0.2) is 5.78 Å². The zero-order valence-electron chi connectivity index (χ0n) is 18.0. The van der Waals surface area contributed by atoms with Crippen LogP contribution in [0.25, 0.3) is 0 Å². The van der Waals surface area contributed by atoms with Gasteiger partial charge >= 0.3 is 0 Å². The van der Waals surface area contributed by atoms with Crippen LogP contribution in [-0.4, -0.2) is 14.2 Å². The summed E-state index contributed by atoms with van der Waals surface area (Å²) in [6, 6.07) is 15.9. The van der Waals surface area contributed by atoms with Gasteiger partial charge in [0.25, 0.3) is 10.0 Å². The summed E-state index contributed by atoms with van der Waals surface area (Å²) in [6.07, 6.45) is 1.90. The van der Waals surface area contributed by atoms with Gasteiger partial charge in [-0.1, -0.05) is 35.9 Å². The summed E-state index contributed by atoms with van der Waals surface area (Å²) in [7, 11) is -3.98. The molecule has 1 aliphatic carbocycles. The van der Waals surface area contributed by atoms with Crippen LogP contribution in [0.15, 0.2) is 76.1 Å². The number of allylic oxidation sites excluding steroid dienone is 1. The molecule has 0 amide bonds. The molecule has 1 atom stereocenters. The van der Waals surface area contributed by atoms with E-state index in [2.05, 4.69) is 5.32 Å². The fourth-order valence-corrected chi connectivity index (χ4v) is 7.39. The van der Waals surface area contributed by atoms with Crippen molar-refractivity contribution in [1.82, 2.24) is 0 Å². The molecule has 1 aromatic heterocycles. The average Bonchev–Trinajstić information content (AvgIpc) is 3.22. The highest BCUT2D eigenvalue weighted by atomic mass is 32.2. The van der Waals surface area contributed by atoms with Gasteiger partial charge in [0.2, 0.25) is 0 Å². The molecule has 0 fully saturated rings. The Morgan fingerprint density at radius 3 is 2.59 bits per heavy atom. The number of nitrogens with one attached hydrogen (secondary N) is 1. The fraction of sp³-hybridized carbons (Fsp3) is 0.240. The minimum Gasteiger partial charge on any atom is -0.357 e. The van der Waals surface area contributed by atoms with Gasteiger partial charge < -0.3 is 5.32 Å². The molecule has 0 spiro atoms. The van der Waals surface area contributed by atoms with Crippen LogP contribution in [0.4, 0.5) is 11.4 Å². The van der Waals surface area contributed by atoms with Gasteiger partial charge in [-0.3, -0.25) is 9.10 Å². The van der Waals surface area contributed by atoms with Crippen LogP contribution in [0, 0.1) is 13.8 Å². The molecular formula is C25H24N2O3S2. The van der Waals surface area contributed by atoms with E-state index in [0.717, 1.165) is 22.6 Å². The van der Waals surface area contributed by atoms with E-state index in [0.29, 0.717) is 35.4 Å². The first-order valence-corrected chi connectivity index (χ1v) is 13.0. The number of sulfonamides is 1. The zero-order valence-corrected chi connectivity index (χ0v) is 19.6. The molecule has 0 bridgehead atoms. The summed E-state index contributed by atoms with van der Waals surface area (Å²) in [5.41, 5.74) is 4.32. The zero-order chi connectivity index (χ0) is 22.5. The minimum atomic E-state index is -3.98. The van der Waals surface area contributed by atoms with Crippen LogP contribution in [0.5, 0.6) is 0 Å². The van der Waals surface area contributed by atoms with Gasteiger partial charge in [0.1, 0.15) is 6.04 Å². The maximum absolute atomic E-state index is 14.3. The third-order valence-corrected chi connectivity index (χ3v) is 8.94. The standard InChI is InChI=1S/C25H24N2O3S2/c1-16-12-13-23(17(2)15-16)32(29,30)27-20-9-4-3-7-18(20)26-19-8-5-10-21(28)24(19)25(27)22-11-6-14-31-22/h3-4,6-7,9,11-15,25-26H,5,8,10H2,1-2H3/t25-/m1/s1. The Labute approximate surface area is 192 Å². The first-order chi connectivity index (χ1) is 15.4. The second-order valence-corrected chi connectivity index (χ2v) is 11.1. The minimum absolute atomic E-state index is 0.00536. The third kappa shape index (κ3) is 3.36. The fourth-order valence-electron chi connectivity index (χ4n) is 4.67. The summed E-state index contributed by atoms with van der Waals surface area (Å²) in [5, 5.41) is 5.34. The smallest absolute Gasteiger partial charge is 0.265 e. The number of fused-ring (bicyclic) bond motifs is 1. The van der Waals surface area contributed by atoms with Crippen molar-refractivity contribution < 1.29 is 13.2 Å². The summed E-state index contributed by atoms with van der Waals surface area (Å²) in [5.74, 6) is 0.00536. The Bertz CT molecular complexity index is 1340. The topological polar surface area (TPSA) is 66.5 Å². The summed E-state index contributed by atoms with van der Waals surface area (Å²) in [4.78, 5) is 14.3. The van der Waals surface area contributed by atoms with E-state index in [1.54, 1.807) is 6.07 Å². The predicted octanol–water partition coefficient (Wildman–Crippen LogP) is 5.73. The molecule has 0 saturated heterocycles. The number of hydrogen-bond acceptors (Lipinski definition) is 5. The van der Waals surface area contributed by atoms with Crippen molar-refractivity contribution in [2.24, 2.45) is 0 Å². The normalized spacial score (nSPS) is 18.6. The lowest BCUT2D eigenvalue weighted by Gasteiger charge is -2.34. The highest BCUT2D eigenvalue weighted by molar-refractivity contribution is 7.93. The van der Waals surface area contributed by atoms with Crippen LogP contribution in [0.1, 0.15) is 41.3 Å². The van der Waals surface area contributed by atoms with Crippen molar-refractivity contribution in [1.29, 1.82) is 0 Å². The lowest BCUT2D eigenvalue weighted by molar-refractivity contribution is -0.116.